The number of aromatic nitrogens is 3. The van der Waals surface area contributed by atoms with Gasteiger partial charge < -0.3 is 0 Å². The zero-order chi connectivity index (χ0) is 14.5. The van der Waals surface area contributed by atoms with Crippen molar-refractivity contribution in [3.8, 4) is 0 Å². The lowest BCUT2D eigenvalue weighted by Crippen LogP contribution is -2.10. The van der Waals surface area contributed by atoms with Crippen LogP contribution in [0.2, 0.25) is 5.02 Å². The number of Topliss-reactive ketones (excluding diaryl/α,β-unsaturated/α-hetero) is 1. The van der Waals surface area contributed by atoms with Crippen LogP contribution in [0.25, 0.3) is 0 Å². The van der Waals surface area contributed by atoms with Crippen LogP contribution in [-0.4, -0.2) is 20.5 Å². The number of hydrogen-bond donors (Lipinski definition) is 0. The van der Waals surface area contributed by atoms with Crippen LogP contribution in [-0.2, 0) is 24.2 Å². The Morgan fingerprint density at radius 2 is 2.25 bits per heavy atom. The van der Waals surface area contributed by atoms with Crippen molar-refractivity contribution in [1.82, 2.24) is 14.8 Å². The van der Waals surface area contributed by atoms with Crippen molar-refractivity contribution in [2.75, 3.05) is 0 Å². The molecule has 0 radical (unpaired) electrons. The highest BCUT2D eigenvalue weighted by Crippen LogP contribution is 2.21. The molecule has 0 unspecified atom stereocenters. The van der Waals surface area contributed by atoms with Crippen molar-refractivity contribution >= 4 is 17.4 Å². The van der Waals surface area contributed by atoms with Crippen molar-refractivity contribution < 1.29 is 4.79 Å². The summed E-state index contributed by atoms with van der Waals surface area (Å²) in [5, 5.41) is 4.94. The number of carbonyl (C=O) groups excluding carboxylic acids is 1. The van der Waals surface area contributed by atoms with E-state index in [9.17, 15) is 4.79 Å². The SMILES string of the molecule is CCn1nc(C)c(Cl)c1CC(=O)CCc1cccnc1. The molecule has 5 heteroatoms. The maximum atomic E-state index is 12.1. The smallest absolute Gasteiger partial charge is 0.139 e. The van der Waals surface area contributed by atoms with Gasteiger partial charge in [0.1, 0.15) is 5.78 Å². The molecule has 0 aliphatic carbocycles. The Bertz CT molecular complexity index is 593. The van der Waals surface area contributed by atoms with Gasteiger partial charge in [0.05, 0.1) is 16.4 Å². The second-order valence-corrected chi connectivity index (χ2v) is 5.12. The fraction of sp³-hybridized carbons (Fsp3) is 0.400. The molecular formula is C15H18ClN3O. The Hall–Kier alpha value is -1.68. The number of halogens is 1. The molecule has 4 nitrogen and oxygen atoms in total. The summed E-state index contributed by atoms with van der Waals surface area (Å²) in [6, 6.07) is 3.86. The van der Waals surface area contributed by atoms with Crippen molar-refractivity contribution in [1.29, 1.82) is 0 Å². The third-order valence-electron chi connectivity index (χ3n) is 3.23. The first-order valence-corrected chi connectivity index (χ1v) is 7.12. The van der Waals surface area contributed by atoms with Crippen molar-refractivity contribution in [3.63, 3.8) is 0 Å². The molecule has 2 heterocycles. The summed E-state index contributed by atoms with van der Waals surface area (Å²) in [4.78, 5) is 16.1. The van der Waals surface area contributed by atoms with Crippen LogP contribution in [0.5, 0.6) is 0 Å². The molecule has 0 fully saturated rings. The molecule has 0 saturated carbocycles. The van der Waals surface area contributed by atoms with Gasteiger partial charge in [-0.3, -0.25) is 14.5 Å². The number of aryl methyl sites for hydroxylation is 3. The van der Waals surface area contributed by atoms with Gasteiger partial charge in [-0.25, -0.2) is 0 Å². The summed E-state index contributed by atoms with van der Waals surface area (Å²) in [6.07, 6.45) is 5.07. The highest BCUT2D eigenvalue weighted by molar-refractivity contribution is 6.32. The number of hydrogen-bond acceptors (Lipinski definition) is 3. The highest BCUT2D eigenvalue weighted by atomic mass is 35.5. The summed E-state index contributed by atoms with van der Waals surface area (Å²) in [7, 11) is 0. The van der Waals surface area contributed by atoms with Gasteiger partial charge in [-0.05, 0) is 31.9 Å². The van der Waals surface area contributed by atoms with Crippen LogP contribution in [0.4, 0.5) is 0 Å². The fourth-order valence-electron chi connectivity index (χ4n) is 2.14. The molecule has 106 valence electrons. The topological polar surface area (TPSA) is 47.8 Å². The lowest BCUT2D eigenvalue weighted by molar-refractivity contribution is -0.118. The molecule has 2 aromatic heterocycles. The third kappa shape index (κ3) is 3.45. The minimum atomic E-state index is 0.172. The van der Waals surface area contributed by atoms with E-state index < -0.39 is 0 Å². The Kier molecular flexibility index (Phi) is 4.90. The average Bonchev–Trinajstić information content (AvgIpc) is 2.74. The standard InChI is InChI=1S/C15H18ClN3O/c1-3-19-14(15(16)11(2)18-19)9-13(20)7-6-12-5-4-8-17-10-12/h4-5,8,10H,3,6-7,9H2,1-2H3. The molecular weight excluding hydrogens is 274 g/mol. The lowest BCUT2D eigenvalue weighted by Gasteiger charge is -2.05. The zero-order valence-corrected chi connectivity index (χ0v) is 12.5. The monoisotopic (exact) mass is 291 g/mol. The second kappa shape index (κ2) is 6.66. The van der Waals surface area contributed by atoms with E-state index in [-0.39, 0.29) is 5.78 Å². The summed E-state index contributed by atoms with van der Waals surface area (Å²) in [6.45, 7) is 4.57. The van der Waals surface area contributed by atoms with E-state index >= 15 is 0 Å². The molecule has 0 saturated heterocycles. The van der Waals surface area contributed by atoms with Gasteiger partial charge in [0.15, 0.2) is 0 Å². The molecule has 2 aromatic rings. The van der Waals surface area contributed by atoms with E-state index in [1.807, 2.05) is 26.0 Å². The molecule has 0 atom stereocenters. The molecule has 0 aromatic carbocycles. The van der Waals surface area contributed by atoms with Crippen LogP contribution >= 0.6 is 11.6 Å². The zero-order valence-electron chi connectivity index (χ0n) is 11.8. The third-order valence-corrected chi connectivity index (χ3v) is 3.72. The minimum absolute atomic E-state index is 0.172. The first-order valence-electron chi connectivity index (χ1n) is 6.74. The van der Waals surface area contributed by atoms with Gasteiger partial charge in [0.25, 0.3) is 0 Å². The summed E-state index contributed by atoms with van der Waals surface area (Å²) >= 11 is 6.21. The molecule has 0 aliphatic rings. The maximum Gasteiger partial charge on any atom is 0.139 e. The van der Waals surface area contributed by atoms with E-state index in [2.05, 4.69) is 10.1 Å². The molecule has 0 N–H and O–H groups in total. The van der Waals surface area contributed by atoms with Gasteiger partial charge in [-0.15, -0.1) is 0 Å². The molecule has 20 heavy (non-hydrogen) atoms. The summed E-state index contributed by atoms with van der Waals surface area (Å²) in [5.74, 6) is 0.172. The van der Waals surface area contributed by atoms with E-state index in [1.165, 1.54) is 0 Å². The number of rotatable bonds is 6. The van der Waals surface area contributed by atoms with Crippen LogP contribution in [0, 0.1) is 6.92 Å². The van der Waals surface area contributed by atoms with E-state index in [1.54, 1.807) is 17.1 Å². The number of nitrogens with zero attached hydrogens (tertiary/aromatic N) is 3. The predicted octanol–water partition coefficient (Wildman–Crippen LogP) is 3.00. The van der Waals surface area contributed by atoms with E-state index in [0.29, 0.717) is 24.3 Å². The molecule has 0 spiro atoms. The fourth-order valence-corrected chi connectivity index (χ4v) is 2.34. The Morgan fingerprint density at radius 3 is 2.90 bits per heavy atom. The van der Waals surface area contributed by atoms with Crippen LogP contribution in [0.1, 0.15) is 30.3 Å². The van der Waals surface area contributed by atoms with Crippen molar-refractivity contribution in [3.05, 3.63) is 46.5 Å². The van der Waals surface area contributed by atoms with Gasteiger partial charge in [-0.1, -0.05) is 17.7 Å². The molecule has 2 rings (SSSR count). The van der Waals surface area contributed by atoms with E-state index in [4.69, 9.17) is 11.6 Å². The minimum Gasteiger partial charge on any atom is -0.299 e. The van der Waals surface area contributed by atoms with Crippen molar-refractivity contribution in [2.24, 2.45) is 0 Å². The van der Waals surface area contributed by atoms with Gasteiger partial charge in [-0.2, -0.15) is 5.10 Å². The predicted molar refractivity (Wildman–Crippen MR) is 78.9 cm³/mol. The largest absolute Gasteiger partial charge is 0.299 e. The van der Waals surface area contributed by atoms with Gasteiger partial charge in [0.2, 0.25) is 0 Å². The van der Waals surface area contributed by atoms with Gasteiger partial charge in [0, 0.05) is 31.8 Å². The summed E-state index contributed by atoms with van der Waals surface area (Å²) < 4.78 is 1.81. The normalized spacial score (nSPS) is 10.8. The summed E-state index contributed by atoms with van der Waals surface area (Å²) in [5.41, 5.74) is 2.68. The van der Waals surface area contributed by atoms with Crippen molar-refractivity contribution in [2.45, 2.75) is 39.7 Å². The number of carbonyl (C=O) groups is 1. The number of ketones is 1. The van der Waals surface area contributed by atoms with Gasteiger partial charge >= 0.3 is 0 Å². The Morgan fingerprint density at radius 1 is 1.45 bits per heavy atom. The molecule has 0 aliphatic heterocycles. The Balaban J connectivity index is 1.98. The van der Waals surface area contributed by atoms with Crippen LogP contribution in [0.15, 0.2) is 24.5 Å². The first kappa shape index (κ1) is 14.7. The van der Waals surface area contributed by atoms with Crippen LogP contribution in [0.3, 0.4) is 0 Å². The highest BCUT2D eigenvalue weighted by Gasteiger charge is 2.15. The molecule has 0 amide bonds. The first-order chi connectivity index (χ1) is 9.61. The maximum absolute atomic E-state index is 12.1. The number of pyridine rings is 1. The quantitative estimate of drug-likeness (QED) is 0.822. The second-order valence-electron chi connectivity index (χ2n) is 4.74. The van der Waals surface area contributed by atoms with Crippen LogP contribution < -0.4 is 0 Å². The Labute approximate surface area is 123 Å². The molecule has 0 bridgehead atoms. The average molecular weight is 292 g/mol. The lowest BCUT2D eigenvalue weighted by atomic mass is 10.1. The van der Waals surface area contributed by atoms with E-state index in [0.717, 1.165) is 23.5 Å².